The van der Waals surface area contributed by atoms with Crippen LogP contribution in [0.15, 0.2) is 36.0 Å². The first-order chi connectivity index (χ1) is 13.3. The van der Waals surface area contributed by atoms with E-state index in [2.05, 4.69) is 14.8 Å². The van der Waals surface area contributed by atoms with Gasteiger partial charge in [-0.15, -0.1) is 0 Å². The van der Waals surface area contributed by atoms with Crippen LogP contribution in [0.4, 0.5) is 32.0 Å². The molecule has 0 unspecified atom stereocenters. The number of anilines is 1. The normalized spacial score (nSPS) is 12.2. The summed E-state index contributed by atoms with van der Waals surface area (Å²) in [5.74, 6) is -2.09. The molecule has 0 atom stereocenters. The number of hydrogen-bond acceptors (Lipinski definition) is 6. The van der Waals surface area contributed by atoms with E-state index in [-0.39, 0.29) is 18.9 Å². The van der Waals surface area contributed by atoms with Crippen LogP contribution in [0.2, 0.25) is 0 Å². The quantitative estimate of drug-likeness (QED) is 0.227. The first-order valence-corrected chi connectivity index (χ1v) is 8.06. The Morgan fingerprint density at radius 3 is 1.69 bits per heavy atom. The molecule has 0 aliphatic heterocycles. The van der Waals surface area contributed by atoms with Crippen molar-refractivity contribution in [2.24, 2.45) is 0 Å². The van der Waals surface area contributed by atoms with Gasteiger partial charge in [0.05, 0.1) is 13.2 Å². The highest BCUT2D eigenvalue weighted by Gasteiger charge is 2.71. The summed E-state index contributed by atoms with van der Waals surface area (Å²) in [7, 11) is 0. The molecule has 1 rings (SSSR count). The summed E-state index contributed by atoms with van der Waals surface area (Å²) in [6, 6.07) is 2.40. The maximum absolute atomic E-state index is 12.9. The molecule has 0 heterocycles. The van der Waals surface area contributed by atoms with Gasteiger partial charge in [-0.1, -0.05) is 12.1 Å². The van der Waals surface area contributed by atoms with Crippen molar-refractivity contribution in [1.82, 2.24) is 0 Å². The van der Waals surface area contributed by atoms with Crippen molar-refractivity contribution in [3.63, 3.8) is 0 Å². The fourth-order valence-corrected chi connectivity index (χ4v) is 2.07. The Hall–Kier alpha value is -2.76. The van der Waals surface area contributed by atoms with E-state index in [1.54, 1.807) is 0 Å². The molecular formula is C17H17F6NO5. The summed E-state index contributed by atoms with van der Waals surface area (Å²) in [5, 5.41) is 11.7. The fourth-order valence-electron chi connectivity index (χ4n) is 2.07. The first kappa shape index (κ1) is 24.3. The molecule has 1 aromatic rings. The molecule has 0 radical (unpaired) electrons. The smallest absolute Gasteiger partial charge is 0.430 e. The van der Waals surface area contributed by atoms with Gasteiger partial charge in [-0.05, 0) is 26.0 Å². The number of carbonyl (C=O) groups is 2. The van der Waals surface area contributed by atoms with Crippen molar-refractivity contribution in [3.8, 4) is 0 Å². The van der Waals surface area contributed by atoms with Gasteiger partial charge in [0.1, 0.15) is 0 Å². The van der Waals surface area contributed by atoms with Crippen molar-refractivity contribution in [1.29, 1.82) is 0 Å². The number of esters is 2. The SMILES string of the molecule is CCOC(=O)C(=CNc1ccc(C(O)(C(F)(F)F)C(F)(F)F)cc1)C(=O)OCC. The lowest BCUT2D eigenvalue weighted by Gasteiger charge is -2.32. The maximum Gasteiger partial charge on any atom is 0.430 e. The maximum atomic E-state index is 12.9. The van der Waals surface area contributed by atoms with Crippen LogP contribution in [0, 0.1) is 0 Å². The van der Waals surface area contributed by atoms with Crippen LogP contribution < -0.4 is 5.32 Å². The highest BCUT2D eigenvalue weighted by molar-refractivity contribution is 6.14. The van der Waals surface area contributed by atoms with Crippen molar-refractivity contribution in [2.45, 2.75) is 31.8 Å². The third kappa shape index (κ3) is 5.40. The van der Waals surface area contributed by atoms with Crippen molar-refractivity contribution in [2.75, 3.05) is 18.5 Å². The van der Waals surface area contributed by atoms with E-state index >= 15 is 0 Å². The Morgan fingerprint density at radius 1 is 0.931 bits per heavy atom. The lowest BCUT2D eigenvalue weighted by atomic mass is 9.92. The molecule has 29 heavy (non-hydrogen) atoms. The number of alkyl halides is 6. The molecule has 0 amide bonds. The van der Waals surface area contributed by atoms with Gasteiger partial charge in [0.25, 0.3) is 5.60 Å². The lowest BCUT2D eigenvalue weighted by Crippen LogP contribution is -2.53. The molecule has 2 N–H and O–H groups in total. The van der Waals surface area contributed by atoms with E-state index in [0.29, 0.717) is 12.1 Å². The Morgan fingerprint density at radius 2 is 1.34 bits per heavy atom. The predicted molar refractivity (Wildman–Crippen MR) is 87.4 cm³/mol. The van der Waals surface area contributed by atoms with Gasteiger partial charge in [-0.3, -0.25) is 0 Å². The van der Waals surface area contributed by atoms with Gasteiger partial charge in [-0.2, -0.15) is 26.3 Å². The van der Waals surface area contributed by atoms with Gasteiger partial charge >= 0.3 is 24.3 Å². The number of rotatable bonds is 7. The minimum atomic E-state index is -6.01. The van der Waals surface area contributed by atoms with Gasteiger partial charge in [0.15, 0.2) is 5.57 Å². The second-order valence-corrected chi connectivity index (χ2v) is 5.43. The van der Waals surface area contributed by atoms with E-state index < -0.39 is 41.0 Å². The summed E-state index contributed by atoms with van der Waals surface area (Å²) in [6.45, 7) is 2.85. The standard InChI is InChI=1S/C17H17F6NO5/c1-3-28-13(25)12(14(26)29-4-2)9-24-11-7-5-10(6-8-11)15(27,16(18,19)20)17(21,22)23/h5-9,24,27H,3-4H2,1-2H3. The number of ether oxygens (including phenoxy) is 2. The van der Waals surface area contributed by atoms with E-state index in [1.807, 2.05) is 0 Å². The number of nitrogens with one attached hydrogen (secondary N) is 1. The first-order valence-electron chi connectivity index (χ1n) is 8.06. The van der Waals surface area contributed by atoms with E-state index in [9.17, 15) is 41.0 Å². The zero-order valence-corrected chi connectivity index (χ0v) is 15.1. The average Bonchev–Trinajstić information content (AvgIpc) is 2.60. The van der Waals surface area contributed by atoms with Crippen LogP contribution in [0.25, 0.3) is 0 Å². The molecule has 6 nitrogen and oxygen atoms in total. The zero-order valence-electron chi connectivity index (χ0n) is 15.1. The van der Waals surface area contributed by atoms with Crippen LogP contribution in [0.1, 0.15) is 19.4 Å². The van der Waals surface area contributed by atoms with Gasteiger partial charge in [0, 0.05) is 17.5 Å². The van der Waals surface area contributed by atoms with E-state index in [4.69, 9.17) is 0 Å². The highest BCUT2D eigenvalue weighted by Crippen LogP contribution is 2.50. The van der Waals surface area contributed by atoms with Crippen molar-refractivity contribution >= 4 is 17.6 Å². The average molecular weight is 429 g/mol. The number of hydrogen-bond donors (Lipinski definition) is 2. The molecule has 0 aliphatic rings. The molecule has 0 bridgehead atoms. The third-order valence-corrected chi connectivity index (χ3v) is 3.50. The second-order valence-electron chi connectivity index (χ2n) is 5.43. The van der Waals surface area contributed by atoms with Crippen LogP contribution in [-0.2, 0) is 24.7 Å². The second kappa shape index (κ2) is 9.16. The van der Waals surface area contributed by atoms with E-state index in [0.717, 1.165) is 18.3 Å². The van der Waals surface area contributed by atoms with Gasteiger partial charge in [-0.25, -0.2) is 9.59 Å². The van der Waals surface area contributed by atoms with Gasteiger partial charge < -0.3 is 19.9 Å². The Balaban J connectivity index is 3.19. The number of benzene rings is 1. The molecule has 0 aliphatic carbocycles. The molecule has 0 aromatic heterocycles. The molecule has 0 spiro atoms. The van der Waals surface area contributed by atoms with Crippen LogP contribution in [0.3, 0.4) is 0 Å². The molecule has 0 fully saturated rings. The largest absolute Gasteiger partial charge is 0.462 e. The summed E-state index contributed by atoms with van der Waals surface area (Å²) >= 11 is 0. The summed E-state index contributed by atoms with van der Waals surface area (Å²) < 4.78 is 86.5. The Bertz CT molecular complexity index is 721. The molecule has 0 saturated carbocycles. The predicted octanol–water partition coefficient (Wildman–Crippen LogP) is 3.42. The lowest BCUT2D eigenvalue weighted by molar-refractivity contribution is -0.376. The van der Waals surface area contributed by atoms with Crippen molar-refractivity contribution in [3.05, 3.63) is 41.6 Å². The molecular weight excluding hydrogens is 412 g/mol. The van der Waals surface area contributed by atoms with Gasteiger partial charge in [0.2, 0.25) is 0 Å². The Labute approximate surface area is 161 Å². The molecule has 0 saturated heterocycles. The number of aliphatic hydroxyl groups is 1. The number of carbonyl (C=O) groups excluding carboxylic acids is 2. The fraction of sp³-hybridized carbons (Fsp3) is 0.412. The molecule has 162 valence electrons. The van der Waals surface area contributed by atoms with Crippen LogP contribution >= 0.6 is 0 Å². The summed E-state index contributed by atoms with van der Waals surface area (Å²) in [6.07, 6.45) is -11.2. The third-order valence-electron chi connectivity index (χ3n) is 3.50. The molecule has 12 heteroatoms. The summed E-state index contributed by atoms with van der Waals surface area (Å²) in [4.78, 5) is 23.5. The topological polar surface area (TPSA) is 84.9 Å². The number of halogens is 6. The monoisotopic (exact) mass is 429 g/mol. The van der Waals surface area contributed by atoms with Crippen LogP contribution in [-0.4, -0.2) is 42.6 Å². The van der Waals surface area contributed by atoms with E-state index in [1.165, 1.54) is 13.8 Å². The van der Waals surface area contributed by atoms with Crippen LogP contribution in [0.5, 0.6) is 0 Å². The zero-order chi connectivity index (χ0) is 22.5. The summed E-state index contributed by atoms with van der Waals surface area (Å²) in [5.41, 5.74) is -7.16. The van der Waals surface area contributed by atoms with Crippen molar-refractivity contribution < 1.29 is 50.5 Å². The Kier molecular flexibility index (Phi) is 7.67. The minimum absolute atomic E-state index is 0.0578. The minimum Gasteiger partial charge on any atom is -0.462 e. The highest BCUT2D eigenvalue weighted by atomic mass is 19.4. The molecule has 1 aromatic carbocycles.